The van der Waals surface area contributed by atoms with Gasteiger partial charge in [-0.2, -0.15) is 0 Å². The van der Waals surface area contributed by atoms with Crippen LogP contribution in [0.4, 0.5) is 0 Å². The molecule has 104 heavy (non-hydrogen) atoms. The van der Waals surface area contributed by atoms with Gasteiger partial charge in [0.1, 0.15) is 0 Å². The summed E-state index contributed by atoms with van der Waals surface area (Å²) in [6, 6.07) is 9.47. The van der Waals surface area contributed by atoms with E-state index in [0.717, 1.165) is 119 Å². The molecule has 0 aromatic carbocycles. The molecule has 0 aliphatic carbocycles. The maximum atomic E-state index is 5.96. The van der Waals surface area contributed by atoms with Crippen molar-refractivity contribution in [3.63, 3.8) is 0 Å². The summed E-state index contributed by atoms with van der Waals surface area (Å²) < 4.78 is 0. The van der Waals surface area contributed by atoms with Gasteiger partial charge in [-0.05, 0) is 98.6 Å². The molecule has 6 aliphatic heterocycles. The number of hydrogen-bond donors (Lipinski definition) is 2. The van der Waals surface area contributed by atoms with Gasteiger partial charge in [-0.3, -0.25) is 0 Å². The Labute approximate surface area is 635 Å². The molecule has 0 saturated carbocycles. The summed E-state index contributed by atoms with van der Waals surface area (Å²) in [5, 5.41) is 0. The fourth-order valence-corrected chi connectivity index (χ4v) is 16.9. The van der Waals surface area contributed by atoms with Gasteiger partial charge in [-0.25, -0.2) is 9.97 Å². The van der Waals surface area contributed by atoms with Crippen LogP contribution < -0.4 is 0 Å². The Morgan fingerprint density at radius 1 is 0.240 bits per heavy atom. The summed E-state index contributed by atoms with van der Waals surface area (Å²) in [4.78, 5) is 31.0. The van der Waals surface area contributed by atoms with Crippen molar-refractivity contribution in [1.82, 2.24) is 39.5 Å². The second-order valence-electron chi connectivity index (χ2n) is 31.8. The van der Waals surface area contributed by atoms with Crippen LogP contribution in [0.1, 0.15) is 381 Å². The van der Waals surface area contributed by atoms with E-state index in [2.05, 4.69) is 179 Å². The smallest absolute Gasteiger partial charge is 0.0752 e. The zero-order chi connectivity index (χ0) is 72.1. The number of H-pyrrole nitrogens is 2. The number of rotatable bonds is 56. The predicted octanol–water partition coefficient (Wildman–Crippen LogP) is 28.3. The van der Waals surface area contributed by atoms with Crippen LogP contribution in [0, 0.1) is 0 Å². The zero-order valence-electron chi connectivity index (χ0n) is 66.8. The number of nitrogens with zero attached hydrogens (tertiary/aromatic N) is 6. The number of aromatic nitrogens is 4. The van der Waals surface area contributed by atoms with Crippen LogP contribution in [-0.4, -0.2) is 91.9 Å². The minimum Gasteiger partial charge on any atom is -0.367 e. The van der Waals surface area contributed by atoms with Gasteiger partial charge in [0.25, 0.3) is 0 Å². The minimum atomic E-state index is 0.886. The molecule has 8 bridgehead atoms. The van der Waals surface area contributed by atoms with E-state index in [4.69, 9.17) is 9.97 Å². The molecule has 0 amide bonds. The van der Waals surface area contributed by atoms with Crippen molar-refractivity contribution in [2.24, 2.45) is 0 Å². The SMILES string of the molecule is CCCCCCCCCCCCCCN1CC=CC=C1c1c2nc(c(C3=CC=CCN3CCCCCCCCCCCCCC)c3ccc([nH]3)c(C3=CC=CCN3CCCCCCCCCCCCCC)c3nc(c(C4=CC=CCN4CCCCCCCCCCCCCC)c4ccc1[nH]4)C=C3)C=C2. The molecule has 0 unspecified atom stereocenters. The third-order valence-corrected chi connectivity index (χ3v) is 23.1. The Morgan fingerprint density at radius 2 is 0.413 bits per heavy atom. The Hall–Kier alpha value is -6.28. The lowest BCUT2D eigenvalue weighted by atomic mass is 10.0. The van der Waals surface area contributed by atoms with E-state index in [1.165, 1.54) is 331 Å². The topological polar surface area (TPSA) is 70.3 Å². The predicted molar refractivity (Wildman–Crippen MR) is 458 cm³/mol. The number of nitrogens with one attached hydrogen (secondary N) is 2. The third-order valence-electron chi connectivity index (χ3n) is 23.1. The maximum Gasteiger partial charge on any atom is 0.0752 e. The Bertz CT molecular complexity index is 3000. The first-order valence-corrected chi connectivity index (χ1v) is 44.2. The van der Waals surface area contributed by atoms with Crippen LogP contribution in [0.3, 0.4) is 0 Å². The van der Waals surface area contributed by atoms with Gasteiger partial charge < -0.3 is 29.6 Å². The normalized spacial score (nSPS) is 15.0. The van der Waals surface area contributed by atoms with E-state index >= 15 is 0 Å². The van der Waals surface area contributed by atoms with Gasteiger partial charge in [0.15, 0.2) is 0 Å². The van der Waals surface area contributed by atoms with Crippen molar-refractivity contribution in [1.29, 1.82) is 0 Å². The van der Waals surface area contributed by atoms with Gasteiger partial charge in [0, 0.05) is 97.4 Å². The Balaban J connectivity index is 1.08. The van der Waals surface area contributed by atoms with Crippen molar-refractivity contribution >= 4 is 69.2 Å². The second kappa shape index (κ2) is 49.6. The molecule has 3 aromatic rings. The molecule has 8 nitrogen and oxygen atoms in total. The average molecular weight is 1410 g/mol. The second-order valence-corrected chi connectivity index (χ2v) is 31.8. The zero-order valence-corrected chi connectivity index (χ0v) is 66.8. The molecule has 9 heterocycles. The lowest BCUT2D eigenvalue weighted by Gasteiger charge is -2.30. The standard InChI is InChI=1S/C96H146N8/c1-5-9-13-17-21-25-29-33-37-41-45-53-73-101-77-57-49-61-89(101)93-81-65-67-83(97-81)94(90-62-50-58-78-102(90)74-54-46-42-38-34-30-26-22-18-14-10-6-2)85-69-71-87(99-85)96(92-64-52-60-80-104(92)76-56-48-44-40-36-32-28-24-20-16-12-8-4)88-72-70-86(100-88)95(84-68-66-82(93)98-84)91-63-51-59-79-103(91)75-55-47-43-39-35-31-27-23-19-15-11-7-3/h49-52,57-72,97,100H,5-48,53-56,73-80H2,1-4H3. The monoisotopic (exact) mass is 1410 g/mol. The summed E-state index contributed by atoms with van der Waals surface area (Å²) in [7, 11) is 0. The first kappa shape index (κ1) is 81.8. The largest absolute Gasteiger partial charge is 0.367 e. The first-order valence-electron chi connectivity index (χ1n) is 44.2. The lowest BCUT2D eigenvalue weighted by Crippen LogP contribution is -2.26. The lowest BCUT2D eigenvalue weighted by molar-refractivity contribution is 0.411. The van der Waals surface area contributed by atoms with Crippen LogP contribution in [0.2, 0.25) is 0 Å². The van der Waals surface area contributed by atoms with Crippen molar-refractivity contribution < 1.29 is 0 Å². The molecular weight excluding hydrogens is 1270 g/mol. The Kier molecular flexibility index (Phi) is 39.0. The van der Waals surface area contributed by atoms with Crippen LogP contribution in [0.15, 0.2) is 97.2 Å². The molecule has 0 saturated heterocycles. The third kappa shape index (κ3) is 27.2. The number of fused-ring (bicyclic) bond motifs is 8. The highest BCUT2D eigenvalue weighted by atomic mass is 15.2. The van der Waals surface area contributed by atoms with Crippen LogP contribution >= 0.6 is 0 Å². The minimum absolute atomic E-state index is 0.886. The number of allylic oxidation sites excluding steroid dienone is 8. The molecule has 0 fully saturated rings. The first-order chi connectivity index (χ1) is 51.6. The Morgan fingerprint density at radius 3 is 0.596 bits per heavy atom. The fourth-order valence-electron chi connectivity index (χ4n) is 16.9. The highest BCUT2D eigenvalue weighted by Crippen LogP contribution is 2.40. The molecule has 0 atom stereocenters. The van der Waals surface area contributed by atoms with Crippen LogP contribution in [-0.2, 0) is 0 Å². The van der Waals surface area contributed by atoms with Crippen LogP contribution in [0.25, 0.3) is 69.2 Å². The summed E-state index contributed by atoms with van der Waals surface area (Å²) >= 11 is 0. The molecule has 570 valence electrons. The van der Waals surface area contributed by atoms with Gasteiger partial charge in [-0.15, -0.1) is 0 Å². The van der Waals surface area contributed by atoms with Crippen molar-refractivity contribution in [3.8, 4) is 0 Å². The summed E-state index contributed by atoms with van der Waals surface area (Å²) in [6.07, 6.45) is 102. The highest BCUT2D eigenvalue weighted by molar-refractivity contribution is 5.96. The summed E-state index contributed by atoms with van der Waals surface area (Å²) in [5.41, 5.74) is 18.1. The van der Waals surface area contributed by atoms with Crippen molar-refractivity contribution in [2.45, 2.75) is 336 Å². The summed E-state index contributed by atoms with van der Waals surface area (Å²) in [6.45, 7) is 16.9. The molecule has 2 N–H and O–H groups in total. The van der Waals surface area contributed by atoms with E-state index in [1.54, 1.807) is 0 Å². The van der Waals surface area contributed by atoms with E-state index < -0.39 is 0 Å². The van der Waals surface area contributed by atoms with E-state index in [9.17, 15) is 0 Å². The van der Waals surface area contributed by atoms with Gasteiger partial charge in [0.05, 0.1) is 44.8 Å². The average Bonchev–Trinajstić information content (AvgIpc) is 1.60. The van der Waals surface area contributed by atoms with Crippen molar-refractivity contribution in [2.75, 3.05) is 52.4 Å². The fraction of sp³-hybridized carbons (Fsp3) is 0.625. The van der Waals surface area contributed by atoms with E-state index in [0.29, 0.717) is 0 Å². The number of hydrogen-bond acceptors (Lipinski definition) is 6. The highest BCUT2D eigenvalue weighted by Gasteiger charge is 2.27. The van der Waals surface area contributed by atoms with E-state index in [1.807, 2.05) is 0 Å². The quantitative estimate of drug-likeness (QED) is 0.0378. The molecule has 3 aromatic heterocycles. The van der Waals surface area contributed by atoms with Crippen LogP contribution in [0.5, 0.6) is 0 Å². The van der Waals surface area contributed by atoms with Gasteiger partial charge >= 0.3 is 0 Å². The molecule has 0 radical (unpaired) electrons. The molecule has 9 rings (SSSR count). The number of unbranched alkanes of at least 4 members (excludes halogenated alkanes) is 44. The molecular formula is C96H146N8. The van der Waals surface area contributed by atoms with E-state index in [-0.39, 0.29) is 0 Å². The summed E-state index contributed by atoms with van der Waals surface area (Å²) in [5.74, 6) is 0. The van der Waals surface area contributed by atoms with Gasteiger partial charge in [0.2, 0.25) is 0 Å². The molecule has 0 spiro atoms. The maximum absolute atomic E-state index is 5.96. The van der Waals surface area contributed by atoms with Gasteiger partial charge in [-0.1, -0.05) is 359 Å². The van der Waals surface area contributed by atoms with Crippen molar-refractivity contribution in [3.05, 3.63) is 142 Å². The number of aromatic amines is 2. The molecule has 6 aliphatic rings. The molecule has 8 heteroatoms.